The molecule has 0 aromatic rings. The van der Waals surface area contributed by atoms with E-state index in [1.807, 2.05) is 13.8 Å². The van der Waals surface area contributed by atoms with Crippen LogP contribution in [0.15, 0.2) is 11.5 Å². The van der Waals surface area contributed by atoms with Crippen LogP contribution in [0.25, 0.3) is 0 Å². The van der Waals surface area contributed by atoms with Crippen LogP contribution in [0.5, 0.6) is 0 Å². The highest BCUT2D eigenvalue weighted by Crippen LogP contribution is 2.10. The van der Waals surface area contributed by atoms with E-state index in [4.69, 9.17) is 5.73 Å². The molecular formula is C8H15NO2S. The molecule has 0 saturated heterocycles. The second-order valence-electron chi connectivity index (χ2n) is 3.13. The molecule has 0 aromatic carbocycles. The van der Waals surface area contributed by atoms with Crippen LogP contribution in [0.4, 0.5) is 0 Å². The normalized spacial score (nSPS) is 12.0. The number of methoxy groups -OCH3 is 1. The topological polar surface area (TPSA) is 52.3 Å². The molecule has 0 fully saturated rings. The minimum Gasteiger partial charge on any atom is -0.466 e. The molecule has 70 valence electrons. The molecule has 0 rings (SSSR count). The number of hydrogen-bond acceptors (Lipinski definition) is 4. The van der Waals surface area contributed by atoms with Crippen LogP contribution >= 0.6 is 11.8 Å². The summed E-state index contributed by atoms with van der Waals surface area (Å²) in [7, 11) is 1.35. The van der Waals surface area contributed by atoms with Gasteiger partial charge in [0.1, 0.15) is 0 Å². The van der Waals surface area contributed by atoms with Crippen LogP contribution in [-0.2, 0) is 9.53 Å². The number of ether oxygens (including phenoxy) is 1. The third-order valence-electron chi connectivity index (χ3n) is 0.957. The van der Waals surface area contributed by atoms with Crippen LogP contribution in [0.1, 0.15) is 13.8 Å². The van der Waals surface area contributed by atoms with Crippen LogP contribution in [0.2, 0.25) is 0 Å². The highest BCUT2D eigenvalue weighted by Gasteiger charge is 2.08. The molecule has 0 spiro atoms. The van der Waals surface area contributed by atoms with Gasteiger partial charge < -0.3 is 10.5 Å². The van der Waals surface area contributed by atoms with Gasteiger partial charge in [0.2, 0.25) is 0 Å². The van der Waals surface area contributed by atoms with E-state index in [0.717, 1.165) is 5.75 Å². The first-order valence-corrected chi connectivity index (χ1v) is 4.65. The standard InChI is InChI=1S/C8H15NO2S/c1-8(2,9)6-12-5-4-7(10)11-3/h4-5H,6,9H2,1-3H3. The molecule has 3 nitrogen and oxygen atoms in total. The summed E-state index contributed by atoms with van der Waals surface area (Å²) in [5, 5.41) is 1.69. The summed E-state index contributed by atoms with van der Waals surface area (Å²) < 4.78 is 4.41. The molecule has 0 aliphatic carbocycles. The number of carbonyl (C=O) groups excluding carboxylic acids is 1. The number of carbonyl (C=O) groups is 1. The Kier molecular flexibility index (Phi) is 5.01. The highest BCUT2D eigenvalue weighted by atomic mass is 32.2. The summed E-state index contributed by atoms with van der Waals surface area (Å²) in [6, 6.07) is 0. The summed E-state index contributed by atoms with van der Waals surface area (Å²) in [6.07, 6.45) is 1.39. The van der Waals surface area contributed by atoms with E-state index >= 15 is 0 Å². The Morgan fingerprint density at radius 3 is 2.67 bits per heavy atom. The van der Waals surface area contributed by atoms with E-state index in [2.05, 4.69) is 4.74 Å². The summed E-state index contributed by atoms with van der Waals surface area (Å²) in [5.74, 6) is 0.442. The van der Waals surface area contributed by atoms with E-state index in [1.54, 1.807) is 5.41 Å². The molecule has 0 aromatic heterocycles. The van der Waals surface area contributed by atoms with Crippen molar-refractivity contribution in [1.29, 1.82) is 0 Å². The molecule has 0 amide bonds. The molecule has 0 bridgehead atoms. The lowest BCUT2D eigenvalue weighted by Crippen LogP contribution is -2.34. The van der Waals surface area contributed by atoms with Gasteiger partial charge in [-0.15, -0.1) is 11.8 Å². The predicted octanol–water partition coefficient (Wildman–Crippen LogP) is 1.14. The average Bonchev–Trinajstić information content (AvgIpc) is 1.96. The molecule has 2 N–H and O–H groups in total. The van der Waals surface area contributed by atoms with Crippen molar-refractivity contribution in [3.8, 4) is 0 Å². The molecule has 0 saturated carbocycles. The third kappa shape index (κ3) is 7.63. The zero-order valence-corrected chi connectivity index (χ0v) is 8.48. The van der Waals surface area contributed by atoms with Gasteiger partial charge in [-0.3, -0.25) is 0 Å². The van der Waals surface area contributed by atoms with Gasteiger partial charge in [-0.1, -0.05) is 0 Å². The molecule has 0 unspecified atom stereocenters. The molecular weight excluding hydrogens is 174 g/mol. The number of rotatable bonds is 4. The molecule has 12 heavy (non-hydrogen) atoms. The Hall–Kier alpha value is -0.480. The first-order valence-electron chi connectivity index (χ1n) is 3.61. The Balaban J connectivity index is 3.56. The fraction of sp³-hybridized carbons (Fsp3) is 0.625. The van der Waals surface area contributed by atoms with Crippen LogP contribution in [0, 0.1) is 0 Å². The van der Waals surface area contributed by atoms with E-state index < -0.39 is 0 Å². The number of hydrogen-bond donors (Lipinski definition) is 1. The van der Waals surface area contributed by atoms with Crippen molar-refractivity contribution in [3.05, 3.63) is 11.5 Å². The van der Waals surface area contributed by atoms with Gasteiger partial charge in [0.25, 0.3) is 0 Å². The second kappa shape index (κ2) is 5.22. The summed E-state index contributed by atoms with van der Waals surface area (Å²) in [6.45, 7) is 3.87. The summed E-state index contributed by atoms with van der Waals surface area (Å²) in [4.78, 5) is 10.6. The van der Waals surface area contributed by atoms with E-state index in [1.165, 1.54) is 24.9 Å². The smallest absolute Gasteiger partial charge is 0.330 e. The van der Waals surface area contributed by atoms with Gasteiger partial charge in [-0.2, -0.15) is 0 Å². The number of thioether (sulfide) groups is 1. The summed E-state index contributed by atoms with van der Waals surface area (Å²) in [5.41, 5.74) is 5.51. The maximum Gasteiger partial charge on any atom is 0.330 e. The van der Waals surface area contributed by atoms with Gasteiger partial charge >= 0.3 is 5.97 Å². The van der Waals surface area contributed by atoms with Crippen molar-refractivity contribution in [1.82, 2.24) is 0 Å². The first kappa shape index (κ1) is 11.5. The maximum atomic E-state index is 10.6. The van der Waals surface area contributed by atoms with Crippen molar-refractivity contribution in [3.63, 3.8) is 0 Å². The molecule has 0 aliphatic rings. The summed E-state index contributed by atoms with van der Waals surface area (Å²) >= 11 is 1.50. The van der Waals surface area contributed by atoms with Crippen LogP contribution in [0.3, 0.4) is 0 Å². The second-order valence-corrected chi connectivity index (χ2v) is 4.02. The number of nitrogens with two attached hydrogens (primary N) is 1. The lowest BCUT2D eigenvalue weighted by molar-refractivity contribution is -0.134. The minimum absolute atomic E-state index is 0.203. The maximum absolute atomic E-state index is 10.6. The molecule has 0 radical (unpaired) electrons. The Labute approximate surface area is 77.3 Å². The monoisotopic (exact) mass is 189 g/mol. The van der Waals surface area contributed by atoms with Gasteiger partial charge in [0, 0.05) is 17.4 Å². The predicted molar refractivity (Wildman–Crippen MR) is 51.9 cm³/mol. The fourth-order valence-electron chi connectivity index (χ4n) is 0.435. The van der Waals surface area contributed by atoms with Crippen molar-refractivity contribution < 1.29 is 9.53 Å². The average molecular weight is 189 g/mol. The number of esters is 1. The largest absolute Gasteiger partial charge is 0.466 e. The quantitative estimate of drug-likeness (QED) is 0.532. The van der Waals surface area contributed by atoms with E-state index in [-0.39, 0.29) is 11.5 Å². The van der Waals surface area contributed by atoms with Gasteiger partial charge in [0.15, 0.2) is 0 Å². The van der Waals surface area contributed by atoms with Crippen molar-refractivity contribution in [2.75, 3.05) is 12.9 Å². The molecule has 0 aliphatic heterocycles. The lowest BCUT2D eigenvalue weighted by Gasteiger charge is -2.15. The van der Waals surface area contributed by atoms with E-state index in [9.17, 15) is 4.79 Å². The molecule has 4 heteroatoms. The van der Waals surface area contributed by atoms with Crippen molar-refractivity contribution in [2.45, 2.75) is 19.4 Å². The molecule has 0 atom stereocenters. The lowest BCUT2D eigenvalue weighted by atomic mass is 10.1. The van der Waals surface area contributed by atoms with Crippen LogP contribution in [-0.4, -0.2) is 24.4 Å². The highest BCUT2D eigenvalue weighted by molar-refractivity contribution is 8.02. The molecule has 0 heterocycles. The van der Waals surface area contributed by atoms with E-state index in [0.29, 0.717) is 0 Å². The zero-order valence-electron chi connectivity index (χ0n) is 7.66. The Bertz CT molecular complexity index is 172. The third-order valence-corrected chi connectivity index (χ3v) is 2.20. The SMILES string of the molecule is COC(=O)C=CSCC(C)(C)N. The Morgan fingerprint density at radius 2 is 2.25 bits per heavy atom. The van der Waals surface area contributed by atoms with Crippen molar-refractivity contribution in [2.24, 2.45) is 5.73 Å². The zero-order chi connectivity index (χ0) is 9.61. The van der Waals surface area contributed by atoms with Gasteiger partial charge in [-0.25, -0.2) is 4.79 Å². The Morgan fingerprint density at radius 1 is 1.67 bits per heavy atom. The van der Waals surface area contributed by atoms with Gasteiger partial charge in [-0.05, 0) is 19.3 Å². The van der Waals surface area contributed by atoms with Crippen LogP contribution < -0.4 is 5.73 Å². The fourth-order valence-corrected chi connectivity index (χ4v) is 1.17. The van der Waals surface area contributed by atoms with Gasteiger partial charge in [0.05, 0.1) is 7.11 Å². The first-order chi connectivity index (χ1) is 5.45. The van der Waals surface area contributed by atoms with Crippen molar-refractivity contribution >= 4 is 17.7 Å². The minimum atomic E-state index is -0.336.